The average Bonchev–Trinajstić information content (AvgIpc) is 2.44. The third-order valence-electron chi connectivity index (χ3n) is 2.70. The number of hydrogen-bond donors (Lipinski definition) is 3. The van der Waals surface area contributed by atoms with Crippen molar-refractivity contribution in [3.05, 3.63) is 60.2 Å². The molecule has 4 heteroatoms. The van der Waals surface area contributed by atoms with Crippen molar-refractivity contribution in [3.8, 4) is 0 Å². The first-order valence-corrected chi connectivity index (χ1v) is 6.19. The van der Waals surface area contributed by atoms with E-state index in [1.54, 1.807) is 6.08 Å². The van der Waals surface area contributed by atoms with Crippen LogP contribution < -0.4 is 11.1 Å². The number of nitrogens with one attached hydrogen (secondary N) is 1. The highest BCUT2D eigenvalue weighted by molar-refractivity contribution is 5.96. The highest BCUT2D eigenvalue weighted by Crippen LogP contribution is 2.04. The lowest BCUT2D eigenvalue weighted by Crippen LogP contribution is -2.39. The molecule has 0 aliphatic rings. The average molecular weight is 260 g/mol. The van der Waals surface area contributed by atoms with Crippen LogP contribution >= 0.6 is 0 Å². The second-order valence-electron chi connectivity index (χ2n) is 4.14. The van der Waals surface area contributed by atoms with Crippen LogP contribution in [0, 0.1) is 0 Å². The van der Waals surface area contributed by atoms with Gasteiger partial charge in [0.05, 0.1) is 12.6 Å². The first kappa shape index (κ1) is 15.1. The summed E-state index contributed by atoms with van der Waals surface area (Å²) in [6.45, 7) is 3.73. The monoisotopic (exact) mass is 260 g/mol. The molecule has 4 N–H and O–H groups in total. The molecule has 0 radical (unpaired) electrons. The van der Waals surface area contributed by atoms with Gasteiger partial charge >= 0.3 is 0 Å². The van der Waals surface area contributed by atoms with Crippen molar-refractivity contribution in [2.24, 2.45) is 5.73 Å². The summed E-state index contributed by atoms with van der Waals surface area (Å²) in [5.41, 5.74) is 6.86. The van der Waals surface area contributed by atoms with E-state index < -0.39 is 0 Å². The molecule has 1 amide bonds. The van der Waals surface area contributed by atoms with Crippen molar-refractivity contribution >= 4 is 5.91 Å². The summed E-state index contributed by atoms with van der Waals surface area (Å²) in [7, 11) is 0. The summed E-state index contributed by atoms with van der Waals surface area (Å²) in [5.74, 6) is -0.268. The van der Waals surface area contributed by atoms with Gasteiger partial charge in [0.25, 0.3) is 5.91 Å². The second-order valence-corrected chi connectivity index (χ2v) is 4.14. The van der Waals surface area contributed by atoms with E-state index in [2.05, 4.69) is 11.9 Å². The molecule has 0 spiro atoms. The van der Waals surface area contributed by atoms with Crippen LogP contribution in [-0.4, -0.2) is 30.2 Å². The maximum absolute atomic E-state index is 11.9. The van der Waals surface area contributed by atoms with Crippen LogP contribution in [0.15, 0.2) is 54.6 Å². The topological polar surface area (TPSA) is 75.4 Å². The number of aliphatic hydroxyl groups excluding tert-OH is 1. The quantitative estimate of drug-likeness (QED) is 0.501. The van der Waals surface area contributed by atoms with E-state index in [0.717, 1.165) is 5.56 Å². The summed E-state index contributed by atoms with van der Waals surface area (Å²) in [6.07, 6.45) is 3.63. The van der Waals surface area contributed by atoms with Crippen LogP contribution in [0.25, 0.3) is 0 Å². The minimum Gasteiger partial charge on any atom is -0.394 e. The van der Waals surface area contributed by atoms with E-state index in [4.69, 9.17) is 5.73 Å². The summed E-state index contributed by atoms with van der Waals surface area (Å²) in [4.78, 5) is 11.9. The smallest absolute Gasteiger partial charge is 0.251 e. The van der Waals surface area contributed by atoms with Crippen LogP contribution in [-0.2, 0) is 11.2 Å². The molecule has 1 rings (SSSR count). The molecule has 19 heavy (non-hydrogen) atoms. The zero-order valence-corrected chi connectivity index (χ0v) is 10.9. The Balaban J connectivity index is 2.64. The van der Waals surface area contributed by atoms with E-state index in [1.165, 1.54) is 6.08 Å². The molecule has 0 aromatic heterocycles. The summed E-state index contributed by atoms with van der Waals surface area (Å²) >= 11 is 0. The number of carbonyl (C=O) groups excluding carboxylic acids is 1. The Kier molecular flexibility index (Phi) is 6.57. The zero-order valence-electron chi connectivity index (χ0n) is 10.9. The Labute approximate surface area is 113 Å². The summed E-state index contributed by atoms with van der Waals surface area (Å²) in [6, 6.07) is 9.37. The lowest BCUT2D eigenvalue weighted by atomic mass is 10.1. The van der Waals surface area contributed by atoms with Crippen LogP contribution in [0.3, 0.4) is 0 Å². The fraction of sp³-hybridized carbons (Fsp3) is 0.267. The standard InChI is InChI=1S/C15H20N2O2/c1-2-13(8-9-16)15(19)17-14(11-18)10-12-6-4-3-5-7-12/h2-8,14,18H,1,9-11,16H2,(H,17,19)/b13-8+/t14-/m0/s1. The van der Waals surface area contributed by atoms with Crippen molar-refractivity contribution in [2.75, 3.05) is 13.2 Å². The fourth-order valence-electron chi connectivity index (χ4n) is 1.72. The Hall–Kier alpha value is -1.91. The van der Waals surface area contributed by atoms with Gasteiger partial charge in [0.15, 0.2) is 0 Å². The lowest BCUT2D eigenvalue weighted by molar-refractivity contribution is -0.118. The Morgan fingerprint density at radius 3 is 2.63 bits per heavy atom. The molecular formula is C15H20N2O2. The molecule has 1 atom stereocenters. The first-order chi connectivity index (χ1) is 9.21. The zero-order chi connectivity index (χ0) is 14.1. The minimum atomic E-state index is -0.323. The molecule has 0 heterocycles. The van der Waals surface area contributed by atoms with E-state index in [1.807, 2.05) is 30.3 Å². The molecule has 0 aliphatic heterocycles. The van der Waals surface area contributed by atoms with Crippen LogP contribution in [0.2, 0.25) is 0 Å². The highest BCUT2D eigenvalue weighted by atomic mass is 16.3. The van der Waals surface area contributed by atoms with Gasteiger partial charge in [0, 0.05) is 12.1 Å². The molecule has 0 aliphatic carbocycles. The normalized spacial score (nSPS) is 12.8. The summed E-state index contributed by atoms with van der Waals surface area (Å²) < 4.78 is 0. The number of carbonyl (C=O) groups is 1. The molecule has 0 bridgehead atoms. The lowest BCUT2D eigenvalue weighted by Gasteiger charge is -2.16. The van der Waals surface area contributed by atoms with Crippen LogP contribution in [0.5, 0.6) is 0 Å². The number of hydrogen-bond acceptors (Lipinski definition) is 3. The maximum Gasteiger partial charge on any atom is 0.251 e. The predicted molar refractivity (Wildman–Crippen MR) is 76.5 cm³/mol. The van der Waals surface area contributed by atoms with E-state index in [-0.39, 0.29) is 25.1 Å². The molecule has 0 fully saturated rings. The molecule has 102 valence electrons. The third-order valence-corrected chi connectivity index (χ3v) is 2.70. The highest BCUT2D eigenvalue weighted by Gasteiger charge is 2.13. The predicted octanol–water partition coefficient (Wildman–Crippen LogP) is 0.777. The fourth-order valence-corrected chi connectivity index (χ4v) is 1.72. The molecule has 0 saturated heterocycles. The summed E-state index contributed by atoms with van der Waals surface area (Å²) in [5, 5.41) is 12.1. The van der Waals surface area contributed by atoms with Gasteiger partial charge in [-0.1, -0.05) is 49.1 Å². The Morgan fingerprint density at radius 1 is 1.42 bits per heavy atom. The minimum absolute atomic E-state index is 0.117. The number of nitrogens with two attached hydrogens (primary N) is 1. The van der Waals surface area contributed by atoms with Gasteiger partial charge < -0.3 is 16.2 Å². The SMILES string of the molecule is C=C/C(=C\CN)C(=O)N[C@H](CO)Cc1ccccc1. The largest absolute Gasteiger partial charge is 0.394 e. The van der Waals surface area contributed by atoms with Crippen LogP contribution in [0.4, 0.5) is 0 Å². The molecule has 1 aromatic carbocycles. The molecular weight excluding hydrogens is 240 g/mol. The van der Waals surface area contributed by atoms with Gasteiger partial charge in [-0.05, 0) is 12.0 Å². The maximum atomic E-state index is 11.9. The van der Waals surface area contributed by atoms with Gasteiger partial charge in [-0.3, -0.25) is 4.79 Å². The molecule has 1 aromatic rings. The van der Waals surface area contributed by atoms with Crippen molar-refractivity contribution in [1.82, 2.24) is 5.32 Å². The first-order valence-electron chi connectivity index (χ1n) is 6.19. The van der Waals surface area contributed by atoms with Gasteiger partial charge in [-0.15, -0.1) is 0 Å². The van der Waals surface area contributed by atoms with E-state index >= 15 is 0 Å². The van der Waals surface area contributed by atoms with Crippen molar-refractivity contribution in [1.29, 1.82) is 0 Å². The van der Waals surface area contributed by atoms with Gasteiger partial charge in [0.2, 0.25) is 0 Å². The number of aliphatic hydroxyl groups is 1. The van der Waals surface area contributed by atoms with Crippen molar-refractivity contribution < 1.29 is 9.90 Å². The molecule has 4 nitrogen and oxygen atoms in total. The second kappa shape index (κ2) is 8.24. The Morgan fingerprint density at radius 2 is 2.11 bits per heavy atom. The van der Waals surface area contributed by atoms with Gasteiger partial charge in [-0.2, -0.15) is 0 Å². The number of rotatable bonds is 7. The van der Waals surface area contributed by atoms with Gasteiger partial charge in [-0.25, -0.2) is 0 Å². The molecule has 0 saturated carbocycles. The number of benzene rings is 1. The van der Waals surface area contributed by atoms with Gasteiger partial charge in [0.1, 0.15) is 0 Å². The van der Waals surface area contributed by atoms with Crippen molar-refractivity contribution in [3.63, 3.8) is 0 Å². The van der Waals surface area contributed by atoms with Crippen molar-refractivity contribution in [2.45, 2.75) is 12.5 Å². The Bertz CT molecular complexity index is 441. The van der Waals surface area contributed by atoms with Crippen LogP contribution in [0.1, 0.15) is 5.56 Å². The van der Waals surface area contributed by atoms with E-state index in [0.29, 0.717) is 12.0 Å². The third kappa shape index (κ3) is 5.07. The molecule has 0 unspecified atom stereocenters. The van der Waals surface area contributed by atoms with E-state index in [9.17, 15) is 9.90 Å². The number of amides is 1.